The van der Waals surface area contributed by atoms with Gasteiger partial charge in [-0.3, -0.25) is 4.98 Å². The first-order chi connectivity index (χ1) is 10.3. The standard InChI is InChI=1S/C12H9N7S2/c13-11-15-8(6-20-11)4-9-18-19-10(16-17-12(19)21-9)7-2-1-3-14-5-7/h1-3,5-6H,4H2,(H2,13,15). The Morgan fingerprint density at radius 1 is 1.29 bits per heavy atom. The van der Waals surface area contributed by atoms with Crippen molar-refractivity contribution in [1.29, 1.82) is 0 Å². The van der Waals surface area contributed by atoms with Crippen molar-refractivity contribution in [3.05, 3.63) is 40.6 Å². The van der Waals surface area contributed by atoms with Gasteiger partial charge in [0.25, 0.3) is 0 Å². The van der Waals surface area contributed by atoms with E-state index >= 15 is 0 Å². The van der Waals surface area contributed by atoms with Crippen molar-refractivity contribution in [2.24, 2.45) is 0 Å². The summed E-state index contributed by atoms with van der Waals surface area (Å²) >= 11 is 2.93. The zero-order chi connectivity index (χ0) is 14.2. The monoisotopic (exact) mass is 315 g/mol. The second kappa shape index (κ2) is 4.86. The zero-order valence-electron chi connectivity index (χ0n) is 10.7. The van der Waals surface area contributed by atoms with Crippen LogP contribution in [0, 0.1) is 0 Å². The quantitative estimate of drug-likeness (QED) is 0.620. The molecule has 0 aliphatic heterocycles. The number of hydrogen-bond acceptors (Lipinski definition) is 8. The summed E-state index contributed by atoms with van der Waals surface area (Å²) in [6.07, 6.45) is 4.12. The lowest BCUT2D eigenvalue weighted by molar-refractivity contribution is 0.910. The van der Waals surface area contributed by atoms with Gasteiger partial charge in [-0.25, -0.2) is 4.98 Å². The van der Waals surface area contributed by atoms with Gasteiger partial charge < -0.3 is 5.73 Å². The average molecular weight is 315 g/mol. The zero-order valence-corrected chi connectivity index (χ0v) is 12.3. The minimum absolute atomic E-state index is 0.573. The number of rotatable bonds is 3. The van der Waals surface area contributed by atoms with Crippen molar-refractivity contribution < 1.29 is 0 Å². The number of hydrogen-bond donors (Lipinski definition) is 1. The highest BCUT2D eigenvalue weighted by molar-refractivity contribution is 7.16. The lowest BCUT2D eigenvalue weighted by Crippen LogP contribution is -1.94. The van der Waals surface area contributed by atoms with E-state index in [4.69, 9.17) is 5.73 Å². The van der Waals surface area contributed by atoms with Crippen molar-refractivity contribution in [3.63, 3.8) is 0 Å². The van der Waals surface area contributed by atoms with E-state index in [9.17, 15) is 0 Å². The molecule has 0 aliphatic rings. The van der Waals surface area contributed by atoms with Gasteiger partial charge >= 0.3 is 0 Å². The molecule has 0 spiro atoms. The molecule has 4 aromatic heterocycles. The Kier molecular flexibility index (Phi) is 2.86. The van der Waals surface area contributed by atoms with Crippen LogP contribution < -0.4 is 5.73 Å². The molecule has 0 saturated heterocycles. The third kappa shape index (κ3) is 2.26. The molecule has 4 aromatic rings. The molecule has 0 atom stereocenters. The maximum atomic E-state index is 5.64. The topological polar surface area (TPSA) is 94.9 Å². The largest absolute Gasteiger partial charge is 0.375 e. The lowest BCUT2D eigenvalue weighted by atomic mass is 10.3. The van der Waals surface area contributed by atoms with E-state index in [0.717, 1.165) is 21.2 Å². The Balaban J connectivity index is 1.72. The molecule has 0 saturated carbocycles. The van der Waals surface area contributed by atoms with E-state index in [1.807, 2.05) is 17.5 Å². The first kappa shape index (κ1) is 12.4. The molecule has 0 fully saturated rings. The Morgan fingerprint density at radius 2 is 2.24 bits per heavy atom. The van der Waals surface area contributed by atoms with Gasteiger partial charge in [-0.2, -0.15) is 9.61 Å². The van der Waals surface area contributed by atoms with Crippen LogP contribution in [0.2, 0.25) is 0 Å². The van der Waals surface area contributed by atoms with E-state index in [-0.39, 0.29) is 0 Å². The third-order valence-electron chi connectivity index (χ3n) is 2.85. The molecule has 7 nitrogen and oxygen atoms in total. The van der Waals surface area contributed by atoms with Crippen LogP contribution in [0.3, 0.4) is 0 Å². The number of pyridine rings is 1. The number of anilines is 1. The van der Waals surface area contributed by atoms with Gasteiger partial charge in [0.05, 0.1) is 5.69 Å². The number of nitrogen functional groups attached to an aromatic ring is 1. The Hall–Kier alpha value is -2.39. The molecule has 4 heterocycles. The Morgan fingerprint density at radius 3 is 3.00 bits per heavy atom. The summed E-state index contributed by atoms with van der Waals surface area (Å²) in [6.45, 7) is 0. The fourth-order valence-corrected chi connectivity index (χ4v) is 3.37. The molecule has 0 unspecified atom stereocenters. The van der Waals surface area contributed by atoms with Crippen LogP contribution in [-0.4, -0.2) is 29.8 Å². The molecule has 0 bridgehead atoms. The van der Waals surface area contributed by atoms with Gasteiger partial charge in [-0.1, -0.05) is 11.3 Å². The van der Waals surface area contributed by atoms with E-state index in [0.29, 0.717) is 17.4 Å². The van der Waals surface area contributed by atoms with Crippen molar-refractivity contribution >= 4 is 32.8 Å². The van der Waals surface area contributed by atoms with Gasteiger partial charge in [0.15, 0.2) is 11.0 Å². The summed E-state index contributed by atoms with van der Waals surface area (Å²) in [4.78, 5) is 9.10. The van der Waals surface area contributed by atoms with Crippen LogP contribution in [0.4, 0.5) is 5.13 Å². The van der Waals surface area contributed by atoms with Gasteiger partial charge in [-0.05, 0) is 12.1 Å². The van der Waals surface area contributed by atoms with E-state index in [2.05, 4.69) is 25.3 Å². The summed E-state index contributed by atoms with van der Waals surface area (Å²) in [5, 5.41) is 16.3. The summed E-state index contributed by atoms with van der Waals surface area (Å²) in [7, 11) is 0. The number of nitrogens with two attached hydrogens (primary N) is 1. The molecule has 21 heavy (non-hydrogen) atoms. The predicted molar refractivity (Wildman–Crippen MR) is 81.2 cm³/mol. The minimum atomic E-state index is 0.573. The van der Waals surface area contributed by atoms with Crippen LogP contribution in [0.15, 0.2) is 29.9 Å². The van der Waals surface area contributed by atoms with Crippen molar-refractivity contribution in [2.45, 2.75) is 6.42 Å². The normalized spacial score (nSPS) is 11.2. The molecule has 0 aromatic carbocycles. The van der Waals surface area contributed by atoms with Crippen molar-refractivity contribution in [1.82, 2.24) is 29.8 Å². The van der Waals surface area contributed by atoms with E-state index < -0.39 is 0 Å². The second-order valence-corrected chi connectivity index (χ2v) is 6.24. The maximum Gasteiger partial charge on any atom is 0.234 e. The first-order valence-electron chi connectivity index (χ1n) is 6.11. The highest BCUT2D eigenvalue weighted by Gasteiger charge is 2.14. The second-order valence-electron chi connectivity index (χ2n) is 4.31. The van der Waals surface area contributed by atoms with Crippen LogP contribution in [0.1, 0.15) is 10.7 Å². The molecular weight excluding hydrogens is 306 g/mol. The van der Waals surface area contributed by atoms with Gasteiger partial charge in [0.1, 0.15) is 5.01 Å². The highest BCUT2D eigenvalue weighted by atomic mass is 32.1. The van der Waals surface area contributed by atoms with E-state index in [1.54, 1.807) is 16.9 Å². The van der Waals surface area contributed by atoms with Crippen LogP contribution >= 0.6 is 22.7 Å². The molecule has 0 amide bonds. The Labute approximate surface area is 127 Å². The smallest absolute Gasteiger partial charge is 0.234 e. The molecule has 4 rings (SSSR count). The predicted octanol–water partition coefficient (Wildman–Crippen LogP) is 1.88. The van der Waals surface area contributed by atoms with Crippen molar-refractivity contribution in [2.75, 3.05) is 5.73 Å². The first-order valence-corrected chi connectivity index (χ1v) is 7.80. The molecule has 9 heteroatoms. The molecule has 104 valence electrons. The molecular formula is C12H9N7S2. The number of aromatic nitrogens is 6. The van der Waals surface area contributed by atoms with Crippen LogP contribution in [-0.2, 0) is 6.42 Å². The molecule has 2 N–H and O–H groups in total. The van der Waals surface area contributed by atoms with Crippen molar-refractivity contribution in [3.8, 4) is 11.4 Å². The van der Waals surface area contributed by atoms with Crippen LogP contribution in [0.25, 0.3) is 16.3 Å². The maximum absolute atomic E-state index is 5.64. The molecule has 0 radical (unpaired) electrons. The van der Waals surface area contributed by atoms with Gasteiger partial charge in [0.2, 0.25) is 4.96 Å². The number of thiazole rings is 1. The number of nitrogens with zero attached hydrogens (tertiary/aromatic N) is 6. The minimum Gasteiger partial charge on any atom is -0.375 e. The average Bonchev–Trinajstić information content (AvgIpc) is 3.16. The fraction of sp³-hybridized carbons (Fsp3) is 0.0833. The van der Waals surface area contributed by atoms with Gasteiger partial charge in [0, 0.05) is 29.8 Å². The van der Waals surface area contributed by atoms with E-state index in [1.165, 1.54) is 22.7 Å². The number of fused-ring (bicyclic) bond motifs is 1. The highest BCUT2D eigenvalue weighted by Crippen LogP contribution is 2.23. The SMILES string of the molecule is Nc1nc(Cc2nn3c(-c4cccnc4)nnc3s2)cs1. The summed E-state index contributed by atoms with van der Waals surface area (Å²) in [5.41, 5.74) is 7.45. The summed E-state index contributed by atoms with van der Waals surface area (Å²) in [5.74, 6) is 0.693. The summed E-state index contributed by atoms with van der Waals surface area (Å²) < 4.78 is 1.74. The van der Waals surface area contributed by atoms with Crippen LogP contribution in [0.5, 0.6) is 0 Å². The third-order valence-corrected chi connectivity index (χ3v) is 4.48. The fourth-order valence-electron chi connectivity index (χ4n) is 1.96. The Bertz CT molecular complexity index is 893. The lowest BCUT2D eigenvalue weighted by Gasteiger charge is -1.94. The summed E-state index contributed by atoms with van der Waals surface area (Å²) in [6, 6.07) is 3.80. The van der Waals surface area contributed by atoms with Gasteiger partial charge in [-0.15, -0.1) is 21.5 Å². The molecule has 0 aliphatic carbocycles.